The standard InChI is InChI=1S/C12H13N3O/c1-8-6-9(2)11(13-7-8)12(16)10-4-5-14-15(10)3/h4-7H,1-3H3. The monoisotopic (exact) mass is 215 g/mol. The third-order valence-corrected chi connectivity index (χ3v) is 2.48. The van der Waals surface area contributed by atoms with Gasteiger partial charge in [0.2, 0.25) is 5.78 Å². The molecule has 0 unspecified atom stereocenters. The van der Waals surface area contributed by atoms with Crippen molar-refractivity contribution in [2.75, 3.05) is 0 Å². The van der Waals surface area contributed by atoms with E-state index in [1.807, 2.05) is 19.9 Å². The number of rotatable bonds is 2. The molecule has 0 radical (unpaired) electrons. The van der Waals surface area contributed by atoms with Crippen molar-refractivity contribution in [2.24, 2.45) is 7.05 Å². The number of nitrogens with zero attached hydrogens (tertiary/aromatic N) is 3. The van der Waals surface area contributed by atoms with Crippen LogP contribution in [0.5, 0.6) is 0 Å². The van der Waals surface area contributed by atoms with Gasteiger partial charge in [0.1, 0.15) is 11.4 Å². The van der Waals surface area contributed by atoms with Gasteiger partial charge in [-0.1, -0.05) is 6.07 Å². The van der Waals surface area contributed by atoms with E-state index in [0.717, 1.165) is 11.1 Å². The molecule has 0 atom stereocenters. The SMILES string of the molecule is Cc1cnc(C(=O)c2ccnn2C)c(C)c1. The largest absolute Gasteiger partial charge is 0.285 e. The van der Waals surface area contributed by atoms with Gasteiger partial charge in [0.05, 0.1) is 0 Å². The molecule has 16 heavy (non-hydrogen) atoms. The van der Waals surface area contributed by atoms with E-state index in [1.165, 1.54) is 0 Å². The summed E-state index contributed by atoms with van der Waals surface area (Å²) in [5.41, 5.74) is 3.00. The van der Waals surface area contributed by atoms with Gasteiger partial charge in [-0.15, -0.1) is 0 Å². The summed E-state index contributed by atoms with van der Waals surface area (Å²) in [4.78, 5) is 16.3. The van der Waals surface area contributed by atoms with E-state index in [4.69, 9.17) is 0 Å². The normalized spacial score (nSPS) is 10.4. The van der Waals surface area contributed by atoms with Crippen molar-refractivity contribution in [3.05, 3.63) is 47.0 Å². The van der Waals surface area contributed by atoms with Crippen LogP contribution in [0.25, 0.3) is 0 Å². The number of hydrogen-bond donors (Lipinski definition) is 0. The second-order valence-electron chi connectivity index (χ2n) is 3.85. The Kier molecular flexibility index (Phi) is 2.56. The molecule has 0 aliphatic heterocycles. The van der Waals surface area contributed by atoms with E-state index in [1.54, 1.807) is 30.2 Å². The highest BCUT2D eigenvalue weighted by molar-refractivity contribution is 6.07. The number of aryl methyl sites for hydroxylation is 3. The Bertz CT molecular complexity index is 543. The van der Waals surface area contributed by atoms with E-state index >= 15 is 0 Å². The van der Waals surface area contributed by atoms with Gasteiger partial charge in [0.15, 0.2) is 0 Å². The molecule has 0 aromatic carbocycles. The fourth-order valence-electron chi connectivity index (χ4n) is 1.67. The number of pyridine rings is 1. The predicted octanol–water partition coefficient (Wildman–Crippen LogP) is 1.66. The molecule has 0 saturated heterocycles. The Morgan fingerprint density at radius 2 is 2.12 bits per heavy atom. The molecule has 0 aliphatic carbocycles. The van der Waals surface area contributed by atoms with Gasteiger partial charge in [0, 0.05) is 19.4 Å². The summed E-state index contributed by atoms with van der Waals surface area (Å²) in [5.74, 6) is -0.0856. The van der Waals surface area contributed by atoms with Gasteiger partial charge in [-0.05, 0) is 31.0 Å². The number of aromatic nitrogens is 3. The lowest BCUT2D eigenvalue weighted by atomic mass is 10.1. The smallest absolute Gasteiger partial charge is 0.229 e. The summed E-state index contributed by atoms with van der Waals surface area (Å²) in [6.45, 7) is 3.85. The topological polar surface area (TPSA) is 47.8 Å². The van der Waals surface area contributed by atoms with E-state index in [9.17, 15) is 4.79 Å². The molecule has 82 valence electrons. The Morgan fingerprint density at radius 3 is 2.69 bits per heavy atom. The van der Waals surface area contributed by atoms with E-state index in [-0.39, 0.29) is 5.78 Å². The molecule has 0 fully saturated rings. The number of ketones is 1. The van der Waals surface area contributed by atoms with Crippen molar-refractivity contribution in [3.8, 4) is 0 Å². The van der Waals surface area contributed by atoms with Crippen LogP contribution in [0.1, 0.15) is 27.3 Å². The van der Waals surface area contributed by atoms with Gasteiger partial charge < -0.3 is 0 Å². The highest BCUT2D eigenvalue weighted by atomic mass is 16.1. The highest BCUT2D eigenvalue weighted by Gasteiger charge is 2.16. The molecule has 0 bridgehead atoms. The molecule has 0 spiro atoms. The minimum absolute atomic E-state index is 0.0856. The van der Waals surface area contributed by atoms with Crippen LogP contribution in [0.2, 0.25) is 0 Å². The number of carbonyl (C=O) groups is 1. The minimum Gasteiger partial charge on any atom is -0.285 e. The van der Waals surface area contributed by atoms with Crippen LogP contribution >= 0.6 is 0 Å². The summed E-state index contributed by atoms with van der Waals surface area (Å²) < 4.78 is 1.56. The average Bonchev–Trinajstić information content (AvgIpc) is 2.63. The molecular formula is C12H13N3O. The van der Waals surface area contributed by atoms with E-state index in [2.05, 4.69) is 10.1 Å². The maximum absolute atomic E-state index is 12.1. The maximum Gasteiger partial charge on any atom is 0.229 e. The number of carbonyl (C=O) groups excluding carboxylic acids is 1. The van der Waals surface area contributed by atoms with Crippen molar-refractivity contribution in [1.29, 1.82) is 0 Å². The van der Waals surface area contributed by atoms with Gasteiger partial charge >= 0.3 is 0 Å². The Labute approximate surface area is 93.9 Å². The van der Waals surface area contributed by atoms with Crippen LogP contribution < -0.4 is 0 Å². The lowest BCUT2D eigenvalue weighted by Gasteiger charge is -2.04. The molecule has 4 heteroatoms. The van der Waals surface area contributed by atoms with Crippen molar-refractivity contribution < 1.29 is 4.79 Å². The predicted molar refractivity (Wildman–Crippen MR) is 60.4 cm³/mol. The summed E-state index contributed by atoms with van der Waals surface area (Å²) in [6, 6.07) is 3.65. The van der Waals surface area contributed by atoms with Crippen molar-refractivity contribution >= 4 is 5.78 Å². The minimum atomic E-state index is -0.0856. The fraction of sp³-hybridized carbons (Fsp3) is 0.250. The second-order valence-corrected chi connectivity index (χ2v) is 3.85. The lowest BCUT2D eigenvalue weighted by Crippen LogP contribution is -2.11. The quantitative estimate of drug-likeness (QED) is 0.716. The Morgan fingerprint density at radius 1 is 1.38 bits per heavy atom. The molecule has 0 N–H and O–H groups in total. The molecule has 2 rings (SSSR count). The van der Waals surface area contributed by atoms with Crippen molar-refractivity contribution in [3.63, 3.8) is 0 Å². The van der Waals surface area contributed by atoms with Gasteiger partial charge in [0.25, 0.3) is 0 Å². The third-order valence-electron chi connectivity index (χ3n) is 2.48. The van der Waals surface area contributed by atoms with Crippen LogP contribution in [0.4, 0.5) is 0 Å². The fourth-order valence-corrected chi connectivity index (χ4v) is 1.67. The molecule has 4 nitrogen and oxygen atoms in total. The van der Waals surface area contributed by atoms with E-state index < -0.39 is 0 Å². The van der Waals surface area contributed by atoms with Crippen LogP contribution in [-0.2, 0) is 7.05 Å². The Balaban J connectivity index is 2.46. The van der Waals surface area contributed by atoms with Gasteiger partial charge in [-0.3, -0.25) is 14.5 Å². The Hall–Kier alpha value is -1.97. The van der Waals surface area contributed by atoms with Crippen LogP contribution in [0, 0.1) is 13.8 Å². The molecular weight excluding hydrogens is 202 g/mol. The average molecular weight is 215 g/mol. The number of hydrogen-bond acceptors (Lipinski definition) is 3. The molecule has 2 heterocycles. The maximum atomic E-state index is 12.1. The van der Waals surface area contributed by atoms with Gasteiger partial charge in [-0.25, -0.2) is 0 Å². The first-order valence-corrected chi connectivity index (χ1v) is 5.05. The summed E-state index contributed by atoms with van der Waals surface area (Å²) in [7, 11) is 1.75. The molecule has 2 aromatic rings. The molecule has 0 saturated carbocycles. The zero-order valence-electron chi connectivity index (χ0n) is 9.56. The first-order chi connectivity index (χ1) is 7.59. The van der Waals surface area contributed by atoms with Crippen LogP contribution in [-0.4, -0.2) is 20.5 Å². The summed E-state index contributed by atoms with van der Waals surface area (Å²) in [5, 5.41) is 3.98. The lowest BCUT2D eigenvalue weighted by molar-refractivity contribution is 0.102. The highest BCUT2D eigenvalue weighted by Crippen LogP contribution is 2.12. The van der Waals surface area contributed by atoms with Crippen LogP contribution in [0.15, 0.2) is 24.5 Å². The van der Waals surface area contributed by atoms with Crippen molar-refractivity contribution in [1.82, 2.24) is 14.8 Å². The first-order valence-electron chi connectivity index (χ1n) is 5.05. The van der Waals surface area contributed by atoms with Gasteiger partial charge in [-0.2, -0.15) is 5.10 Å². The first kappa shape index (κ1) is 10.5. The second kappa shape index (κ2) is 3.89. The zero-order chi connectivity index (χ0) is 11.7. The summed E-state index contributed by atoms with van der Waals surface area (Å²) in [6.07, 6.45) is 3.31. The third kappa shape index (κ3) is 1.74. The molecule has 2 aromatic heterocycles. The molecule has 0 amide bonds. The zero-order valence-corrected chi connectivity index (χ0v) is 9.56. The van der Waals surface area contributed by atoms with Crippen LogP contribution in [0.3, 0.4) is 0 Å². The molecule has 0 aliphatic rings. The summed E-state index contributed by atoms with van der Waals surface area (Å²) >= 11 is 0. The van der Waals surface area contributed by atoms with E-state index in [0.29, 0.717) is 11.4 Å². The van der Waals surface area contributed by atoms with Crippen molar-refractivity contribution in [2.45, 2.75) is 13.8 Å².